The minimum absolute atomic E-state index is 0.0583. The molecule has 0 aliphatic rings. The van der Waals surface area contributed by atoms with Crippen molar-refractivity contribution >= 4 is 5.97 Å². The summed E-state index contributed by atoms with van der Waals surface area (Å²) in [4.78, 5) is 10.7. The number of ether oxygens (including phenoxy) is 3. The molecule has 0 bridgehead atoms. The van der Waals surface area contributed by atoms with Crippen LogP contribution in [-0.2, 0) is 19.0 Å². The van der Waals surface area contributed by atoms with Gasteiger partial charge in [-0.1, -0.05) is 6.58 Å². The highest BCUT2D eigenvalue weighted by molar-refractivity contribution is 5.89. The van der Waals surface area contributed by atoms with Gasteiger partial charge in [0.1, 0.15) is 5.57 Å². The topological polar surface area (TPSA) is 44.8 Å². The molecule has 13 heteroatoms. The highest BCUT2D eigenvalue weighted by Crippen LogP contribution is 2.40. The van der Waals surface area contributed by atoms with Gasteiger partial charge in [0.15, 0.2) is 6.61 Å². The van der Waals surface area contributed by atoms with Crippen molar-refractivity contribution in [3.8, 4) is 0 Å². The molecule has 0 fully saturated rings. The van der Waals surface area contributed by atoms with E-state index in [1.165, 1.54) is 0 Å². The Bertz CT molecular complexity index is 429. The van der Waals surface area contributed by atoms with Crippen LogP contribution in [0.2, 0.25) is 0 Å². The maximum Gasteiger partial charge on any atom is 0.452 e. The molecule has 0 radical (unpaired) electrons. The molecule has 0 aliphatic carbocycles. The first-order chi connectivity index (χ1) is 9.56. The fraction of sp³-hybridized carbons (Fsp3) is 0.667. The van der Waals surface area contributed by atoms with Gasteiger partial charge in [0, 0.05) is 7.11 Å². The van der Waals surface area contributed by atoms with E-state index in [4.69, 9.17) is 0 Å². The van der Waals surface area contributed by atoms with Gasteiger partial charge >= 0.3 is 30.5 Å². The zero-order valence-electron chi connectivity index (χ0n) is 10.4. The molecular formula is C9H7F9O4. The fourth-order valence-electron chi connectivity index (χ4n) is 0.748. The van der Waals surface area contributed by atoms with E-state index in [2.05, 4.69) is 20.8 Å². The fourth-order valence-corrected chi connectivity index (χ4v) is 0.748. The van der Waals surface area contributed by atoms with Crippen LogP contribution in [-0.4, -0.2) is 44.2 Å². The van der Waals surface area contributed by atoms with Crippen molar-refractivity contribution < 1.29 is 58.5 Å². The predicted octanol–water partition coefficient (Wildman–Crippen LogP) is 3.09. The van der Waals surface area contributed by atoms with E-state index in [1.54, 1.807) is 0 Å². The number of rotatable bonds is 7. The molecule has 4 nitrogen and oxygen atoms in total. The molecule has 0 spiro atoms. The summed E-state index contributed by atoms with van der Waals surface area (Å²) in [5.41, 5.74) is -2.21. The lowest BCUT2D eigenvalue weighted by molar-refractivity contribution is -0.479. The maximum absolute atomic E-state index is 12.8. The second kappa shape index (κ2) is 6.32. The quantitative estimate of drug-likeness (QED) is 0.402. The van der Waals surface area contributed by atoms with Crippen LogP contribution >= 0.6 is 0 Å². The van der Waals surface area contributed by atoms with E-state index in [-0.39, 0.29) is 7.11 Å². The van der Waals surface area contributed by atoms with E-state index in [0.717, 1.165) is 0 Å². The summed E-state index contributed by atoms with van der Waals surface area (Å²) in [6.45, 7) is -0.310. The van der Waals surface area contributed by atoms with Crippen LogP contribution < -0.4 is 0 Å². The Morgan fingerprint density at radius 2 is 1.41 bits per heavy atom. The van der Waals surface area contributed by atoms with Crippen molar-refractivity contribution in [2.24, 2.45) is 0 Å². The Kier molecular flexibility index (Phi) is 5.89. The largest absolute Gasteiger partial charge is 0.453 e. The van der Waals surface area contributed by atoms with Gasteiger partial charge in [0.25, 0.3) is 0 Å². The van der Waals surface area contributed by atoms with Crippen molar-refractivity contribution in [3.05, 3.63) is 12.2 Å². The summed E-state index contributed by atoms with van der Waals surface area (Å²) in [7, 11) is 0.0583. The first-order valence-corrected chi connectivity index (χ1v) is 4.88. The Labute approximate surface area is 116 Å². The van der Waals surface area contributed by atoms with Crippen molar-refractivity contribution in [2.75, 3.05) is 13.7 Å². The lowest BCUT2D eigenvalue weighted by Crippen LogP contribution is -2.49. The number of esters is 1. The summed E-state index contributed by atoms with van der Waals surface area (Å²) < 4.78 is 120. The van der Waals surface area contributed by atoms with E-state index in [9.17, 15) is 44.3 Å². The Morgan fingerprint density at radius 3 is 1.77 bits per heavy atom. The average Bonchev–Trinajstić information content (AvgIpc) is 2.32. The Hall–Kier alpha value is -1.50. The van der Waals surface area contributed by atoms with Crippen LogP contribution in [0.1, 0.15) is 0 Å². The molecule has 0 saturated carbocycles. The van der Waals surface area contributed by atoms with Crippen LogP contribution in [0.15, 0.2) is 12.2 Å². The Balaban J connectivity index is 4.80. The number of alkyl halides is 9. The molecule has 0 rings (SSSR count). The van der Waals surface area contributed by atoms with Crippen LogP contribution in [0.25, 0.3) is 0 Å². The van der Waals surface area contributed by atoms with Crippen LogP contribution in [0.4, 0.5) is 39.5 Å². The third-order valence-electron chi connectivity index (χ3n) is 1.83. The number of methoxy groups -OCH3 is 1. The van der Waals surface area contributed by atoms with E-state index < -0.39 is 42.7 Å². The number of carbonyl (C=O) groups excluding carboxylic acids is 1. The summed E-state index contributed by atoms with van der Waals surface area (Å²) in [6, 6.07) is 0. The SMILES string of the molecule is C=C(C(=O)OCC(F)(F)OC(F)(F)C(F)(F)OC)C(F)(F)F. The van der Waals surface area contributed by atoms with Gasteiger partial charge in [-0.2, -0.15) is 39.5 Å². The molecule has 0 aromatic heterocycles. The summed E-state index contributed by atoms with van der Waals surface area (Å²) in [5.74, 6) is -2.42. The molecule has 22 heavy (non-hydrogen) atoms. The van der Waals surface area contributed by atoms with E-state index in [0.29, 0.717) is 0 Å². The van der Waals surface area contributed by atoms with Gasteiger partial charge in [0.05, 0.1) is 0 Å². The first kappa shape index (κ1) is 20.5. The zero-order valence-corrected chi connectivity index (χ0v) is 10.4. The molecule has 0 unspecified atom stereocenters. The standard InChI is InChI=1S/C9H7F9O4/c1-4(7(12,13)14)5(19)21-3-6(10,11)22-9(17,18)8(15,16)20-2/h1,3H2,2H3. The number of carbonyl (C=O) groups is 1. The first-order valence-electron chi connectivity index (χ1n) is 4.88. The van der Waals surface area contributed by atoms with Gasteiger partial charge in [-0.25, -0.2) is 9.53 Å². The highest BCUT2D eigenvalue weighted by atomic mass is 19.4. The molecule has 0 aliphatic heterocycles. The molecule has 0 aromatic rings. The van der Waals surface area contributed by atoms with Crippen LogP contribution in [0.5, 0.6) is 0 Å². The van der Waals surface area contributed by atoms with Gasteiger partial charge in [-0.05, 0) is 0 Å². The van der Waals surface area contributed by atoms with Gasteiger partial charge in [-0.3, -0.25) is 0 Å². The summed E-state index contributed by atoms with van der Waals surface area (Å²) >= 11 is 0. The molecule has 0 saturated heterocycles. The maximum atomic E-state index is 12.8. The summed E-state index contributed by atoms with van der Waals surface area (Å²) in [5, 5.41) is 0. The van der Waals surface area contributed by atoms with E-state index in [1.807, 2.05) is 0 Å². The van der Waals surface area contributed by atoms with Crippen molar-refractivity contribution in [1.29, 1.82) is 0 Å². The van der Waals surface area contributed by atoms with Gasteiger partial charge < -0.3 is 9.47 Å². The van der Waals surface area contributed by atoms with Crippen LogP contribution in [0, 0.1) is 0 Å². The second-order valence-electron chi connectivity index (χ2n) is 3.53. The molecule has 130 valence electrons. The molecule has 0 N–H and O–H groups in total. The summed E-state index contributed by atoms with van der Waals surface area (Å²) in [6.07, 6.45) is -21.9. The Morgan fingerprint density at radius 1 is 0.955 bits per heavy atom. The second-order valence-corrected chi connectivity index (χ2v) is 3.53. The third kappa shape index (κ3) is 5.36. The number of hydrogen-bond acceptors (Lipinski definition) is 4. The normalized spacial score (nSPS) is 13.9. The molecule has 0 aromatic carbocycles. The molecule has 0 amide bonds. The predicted molar refractivity (Wildman–Crippen MR) is 49.1 cm³/mol. The van der Waals surface area contributed by atoms with Crippen molar-refractivity contribution in [3.63, 3.8) is 0 Å². The van der Waals surface area contributed by atoms with Gasteiger partial charge in [0.2, 0.25) is 0 Å². The van der Waals surface area contributed by atoms with Crippen molar-refractivity contribution in [1.82, 2.24) is 0 Å². The lowest BCUT2D eigenvalue weighted by atomic mass is 10.3. The molecular weight excluding hydrogens is 343 g/mol. The number of halogens is 9. The molecule has 0 heterocycles. The average molecular weight is 350 g/mol. The lowest BCUT2D eigenvalue weighted by Gasteiger charge is -2.27. The van der Waals surface area contributed by atoms with Crippen molar-refractivity contribution in [2.45, 2.75) is 24.5 Å². The minimum Gasteiger partial charge on any atom is -0.453 e. The molecule has 0 atom stereocenters. The van der Waals surface area contributed by atoms with E-state index >= 15 is 0 Å². The zero-order chi connectivity index (χ0) is 18.0. The monoisotopic (exact) mass is 350 g/mol. The minimum atomic E-state index is -5.85. The third-order valence-corrected chi connectivity index (χ3v) is 1.83. The smallest absolute Gasteiger partial charge is 0.452 e. The van der Waals surface area contributed by atoms with Gasteiger partial charge in [-0.15, -0.1) is 0 Å². The van der Waals surface area contributed by atoms with Crippen LogP contribution in [0.3, 0.4) is 0 Å². The highest BCUT2D eigenvalue weighted by Gasteiger charge is 2.64. The number of hydrogen-bond donors (Lipinski definition) is 0.